The minimum atomic E-state index is -0.744. The van der Waals surface area contributed by atoms with Crippen LogP contribution in [0.3, 0.4) is 0 Å². The van der Waals surface area contributed by atoms with Gasteiger partial charge in [-0.05, 0) is 47.9 Å². The second-order valence-electron chi connectivity index (χ2n) is 3.65. The van der Waals surface area contributed by atoms with Gasteiger partial charge in [0.15, 0.2) is 0 Å². The van der Waals surface area contributed by atoms with Crippen molar-refractivity contribution in [1.29, 1.82) is 0 Å². The number of rotatable bonds is 3. The Morgan fingerprint density at radius 1 is 1.53 bits per heavy atom. The number of thiophene rings is 1. The Kier molecular flexibility index (Phi) is 3.43. The number of aliphatic carboxylic acids is 1. The lowest BCUT2D eigenvalue weighted by molar-refractivity contribution is -0.143. The average Bonchev–Trinajstić information content (AvgIpc) is 2.77. The van der Waals surface area contributed by atoms with Crippen molar-refractivity contribution >= 4 is 33.2 Å². The summed E-state index contributed by atoms with van der Waals surface area (Å²) in [4.78, 5) is 14.2. The molecule has 0 radical (unpaired) electrons. The predicted molar refractivity (Wildman–Crippen MR) is 63.2 cm³/mol. The Balaban J connectivity index is 2.22. The van der Waals surface area contributed by atoms with Crippen LogP contribution in [0.4, 0.5) is 0 Å². The zero-order chi connectivity index (χ0) is 10.8. The van der Waals surface area contributed by atoms with E-state index in [1.807, 2.05) is 16.3 Å². The van der Waals surface area contributed by atoms with Gasteiger partial charge in [0.2, 0.25) is 0 Å². The van der Waals surface area contributed by atoms with Crippen molar-refractivity contribution in [3.05, 3.63) is 20.8 Å². The number of hydrogen-bond donors (Lipinski definition) is 1. The second-order valence-corrected chi connectivity index (χ2v) is 5.51. The number of carboxylic acid groups (broad SMARTS) is 1. The molecule has 0 saturated carbocycles. The lowest BCUT2D eigenvalue weighted by atomic mass is 10.2. The van der Waals surface area contributed by atoms with Crippen molar-refractivity contribution in [2.45, 2.75) is 18.9 Å². The molecule has 0 aliphatic carbocycles. The van der Waals surface area contributed by atoms with Gasteiger partial charge < -0.3 is 5.11 Å². The van der Waals surface area contributed by atoms with Gasteiger partial charge in [0.25, 0.3) is 0 Å². The summed E-state index contributed by atoms with van der Waals surface area (Å²) in [6.07, 6.45) is 2.21. The molecule has 1 atom stereocenters. The van der Waals surface area contributed by atoms with Crippen LogP contribution >= 0.6 is 27.3 Å². The third-order valence-corrected chi connectivity index (χ3v) is 4.34. The first-order valence-electron chi connectivity index (χ1n) is 4.89. The SMILES string of the molecule is O=C(O)[C@H](c1cc(Br)cs1)N1CCCC1. The molecule has 0 aromatic carbocycles. The fraction of sp³-hybridized carbons (Fsp3) is 0.500. The lowest BCUT2D eigenvalue weighted by Crippen LogP contribution is -2.31. The van der Waals surface area contributed by atoms with E-state index in [0.29, 0.717) is 0 Å². The maximum absolute atomic E-state index is 11.2. The van der Waals surface area contributed by atoms with Crippen LogP contribution < -0.4 is 0 Å². The molecular weight excluding hydrogens is 278 g/mol. The molecule has 2 rings (SSSR count). The highest BCUT2D eigenvalue weighted by atomic mass is 79.9. The summed E-state index contributed by atoms with van der Waals surface area (Å²) in [6, 6.07) is 1.45. The molecule has 0 amide bonds. The Morgan fingerprint density at radius 3 is 2.67 bits per heavy atom. The highest BCUT2D eigenvalue weighted by Gasteiger charge is 2.30. The fourth-order valence-corrected chi connectivity index (χ4v) is 3.50. The quantitative estimate of drug-likeness (QED) is 0.930. The molecule has 2 heterocycles. The molecule has 1 aromatic heterocycles. The van der Waals surface area contributed by atoms with Gasteiger partial charge in [0, 0.05) is 14.7 Å². The van der Waals surface area contributed by atoms with Crippen LogP contribution in [0.25, 0.3) is 0 Å². The number of nitrogens with zero attached hydrogens (tertiary/aromatic N) is 1. The van der Waals surface area contributed by atoms with E-state index in [0.717, 1.165) is 35.3 Å². The fourth-order valence-electron chi connectivity index (χ4n) is 1.93. The van der Waals surface area contributed by atoms with Gasteiger partial charge in [0.1, 0.15) is 6.04 Å². The topological polar surface area (TPSA) is 40.5 Å². The average molecular weight is 290 g/mol. The Hall–Kier alpha value is -0.390. The molecule has 15 heavy (non-hydrogen) atoms. The number of carbonyl (C=O) groups is 1. The highest BCUT2D eigenvalue weighted by molar-refractivity contribution is 9.10. The molecular formula is C10H12BrNO2S. The van der Waals surface area contributed by atoms with Crippen LogP contribution in [0, 0.1) is 0 Å². The van der Waals surface area contributed by atoms with Gasteiger partial charge >= 0.3 is 5.97 Å². The summed E-state index contributed by atoms with van der Waals surface area (Å²) in [5.74, 6) is -0.744. The van der Waals surface area contributed by atoms with E-state index in [1.54, 1.807) is 0 Å². The van der Waals surface area contributed by atoms with Crippen molar-refractivity contribution < 1.29 is 9.90 Å². The summed E-state index contributed by atoms with van der Waals surface area (Å²) in [5, 5.41) is 11.2. The summed E-state index contributed by atoms with van der Waals surface area (Å²) in [6.45, 7) is 1.79. The van der Waals surface area contributed by atoms with Gasteiger partial charge in [-0.3, -0.25) is 9.69 Å². The van der Waals surface area contributed by atoms with E-state index in [9.17, 15) is 9.90 Å². The standard InChI is InChI=1S/C10H12BrNO2S/c11-7-5-8(15-6-7)9(10(13)14)12-3-1-2-4-12/h5-6,9H,1-4H2,(H,13,14)/t9-/m0/s1. The first kappa shape index (κ1) is 11.1. The second kappa shape index (κ2) is 4.63. The van der Waals surface area contributed by atoms with Crippen LogP contribution in [-0.4, -0.2) is 29.1 Å². The molecule has 0 bridgehead atoms. The van der Waals surface area contributed by atoms with Crippen LogP contribution in [0.15, 0.2) is 15.9 Å². The Labute approximate surface area is 101 Å². The number of carboxylic acids is 1. The van der Waals surface area contributed by atoms with Gasteiger partial charge in [0.05, 0.1) is 0 Å². The van der Waals surface area contributed by atoms with Gasteiger partial charge in [-0.25, -0.2) is 0 Å². The van der Waals surface area contributed by atoms with E-state index in [-0.39, 0.29) is 0 Å². The van der Waals surface area contributed by atoms with Crippen LogP contribution in [0.5, 0.6) is 0 Å². The summed E-state index contributed by atoms with van der Waals surface area (Å²) in [5.41, 5.74) is 0. The summed E-state index contributed by atoms with van der Waals surface area (Å²) < 4.78 is 0.966. The number of halogens is 1. The maximum atomic E-state index is 11.2. The molecule has 5 heteroatoms. The third-order valence-electron chi connectivity index (χ3n) is 2.60. The first-order chi connectivity index (χ1) is 7.18. The summed E-state index contributed by atoms with van der Waals surface area (Å²) in [7, 11) is 0. The minimum absolute atomic E-state index is 0.455. The van der Waals surface area contributed by atoms with E-state index < -0.39 is 12.0 Å². The lowest BCUT2D eigenvalue weighted by Gasteiger charge is -2.22. The first-order valence-corrected chi connectivity index (χ1v) is 6.56. The van der Waals surface area contributed by atoms with E-state index in [4.69, 9.17) is 0 Å². The molecule has 1 aliphatic heterocycles. The van der Waals surface area contributed by atoms with Crippen molar-refractivity contribution in [3.63, 3.8) is 0 Å². The summed E-state index contributed by atoms with van der Waals surface area (Å²) >= 11 is 4.86. The van der Waals surface area contributed by atoms with E-state index in [2.05, 4.69) is 15.9 Å². The normalized spacial score (nSPS) is 19.3. The van der Waals surface area contributed by atoms with Gasteiger partial charge in [-0.1, -0.05) is 0 Å². The Bertz CT molecular complexity index is 360. The molecule has 1 aromatic rings. The van der Waals surface area contributed by atoms with Gasteiger partial charge in [-0.2, -0.15) is 0 Å². The molecule has 1 saturated heterocycles. The number of likely N-dealkylation sites (tertiary alicyclic amines) is 1. The van der Waals surface area contributed by atoms with Crippen molar-refractivity contribution in [3.8, 4) is 0 Å². The molecule has 3 nitrogen and oxygen atoms in total. The largest absolute Gasteiger partial charge is 0.480 e. The molecule has 0 spiro atoms. The molecule has 1 N–H and O–H groups in total. The van der Waals surface area contributed by atoms with Gasteiger partial charge in [-0.15, -0.1) is 11.3 Å². The zero-order valence-corrected chi connectivity index (χ0v) is 10.6. The number of hydrogen-bond acceptors (Lipinski definition) is 3. The van der Waals surface area contributed by atoms with E-state index >= 15 is 0 Å². The van der Waals surface area contributed by atoms with E-state index in [1.165, 1.54) is 11.3 Å². The third kappa shape index (κ3) is 2.41. The van der Waals surface area contributed by atoms with Crippen LogP contribution in [-0.2, 0) is 4.79 Å². The molecule has 82 valence electrons. The Morgan fingerprint density at radius 2 is 2.20 bits per heavy atom. The van der Waals surface area contributed by atoms with Crippen LogP contribution in [0.2, 0.25) is 0 Å². The minimum Gasteiger partial charge on any atom is -0.480 e. The van der Waals surface area contributed by atoms with Crippen molar-refractivity contribution in [1.82, 2.24) is 4.90 Å². The smallest absolute Gasteiger partial charge is 0.326 e. The van der Waals surface area contributed by atoms with Crippen LogP contribution in [0.1, 0.15) is 23.8 Å². The molecule has 1 aliphatic rings. The monoisotopic (exact) mass is 289 g/mol. The predicted octanol–water partition coefficient (Wildman–Crippen LogP) is 2.73. The van der Waals surface area contributed by atoms with Crippen molar-refractivity contribution in [2.75, 3.05) is 13.1 Å². The highest BCUT2D eigenvalue weighted by Crippen LogP contribution is 2.31. The van der Waals surface area contributed by atoms with Crippen molar-refractivity contribution in [2.24, 2.45) is 0 Å². The molecule has 1 fully saturated rings. The zero-order valence-electron chi connectivity index (χ0n) is 8.15. The molecule has 0 unspecified atom stereocenters. The maximum Gasteiger partial charge on any atom is 0.326 e.